The Morgan fingerprint density at radius 1 is 1.44 bits per heavy atom. The van der Waals surface area contributed by atoms with E-state index in [0.717, 1.165) is 24.0 Å². The molecular formula is C18H24N4O4S. The largest absolute Gasteiger partial charge is 0.444 e. The van der Waals surface area contributed by atoms with E-state index in [9.17, 15) is 14.9 Å². The molecular weight excluding hydrogens is 368 g/mol. The third kappa shape index (κ3) is 4.85. The zero-order chi connectivity index (χ0) is 19.6. The lowest BCUT2D eigenvalue weighted by atomic mass is 10.0. The van der Waals surface area contributed by atoms with Crippen molar-refractivity contribution >= 4 is 38.5 Å². The van der Waals surface area contributed by atoms with Crippen LogP contribution in [0.2, 0.25) is 0 Å². The van der Waals surface area contributed by atoms with Crippen molar-refractivity contribution in [1.82, 2.24) is 9.88 Å². The summed E-state index contributed by atoms with van der Waals surface area (Å²) in [5.41, 5.74) is 0.112. The molecule has 1 amide bonds. The highest BCUT2D eigenvalue weighted by atomic mass is 32.1. The summed E-state index contributed by atoms with van der Waals surface area (Å²) in [7, 11) is 0. The number of nitrogens with zero attached hydrogens (tertiary/aromatic N) is 3. The molecule has 2 heterocycles. The minimum Gasteiger partial charge on any atom is -0.444 e. The third-order valence-corrected chi connectivity index (χ3v) is 5.32. The molecule has 1 unspecified atom stereocenters. The van der Waals surface area contributed by atoms with Gasteiger partial charge in [0.25, 0.3) is 5.69 Å². The van der Waals surface area contributed by atoms with Crippen LogP contribution in [-0.2, 0) is 4.74 Å². The van der Waals surface area contributed by atoms with Gasteiger partial charge in [-0.05, 0) is 46.1 Å². The fourth-order valence-electron chi connectivity index (χ4n) is 3.08. The van der Waals surface area contributed by atoms with Crippen LogP contribution < -0.4 is 5.32 Å². The van der Waals surface area contributed by atoms with Crippen molar-refractivity contribution in [2.75, 3.05) is 18.4 Å². The lowest BCUT2D eigenvalue weighted by molar-refractivity contribution is -0.384. The number of carbonyl (C=O) groups excluding carboxylic acids is 1. The number of anilines is 1. The van der Waals surface area contributed by atoms with Crippen molar-refractivity contribution in [3.8, 4) is 0 Å². The van der Waals surface area contributed by atoms with Gasteiger partial charge in [-0.2, -0.15) is 0 Å². The molecule has 27 heavy (non-hydrogen) atoms. The molecule has 8 nitrogen and oxygen atoms in total. The van der Waals surface area contributed by atoms with Crippen LogP contribution in [0.25, 0.3) is 10.2 Å². The molecule has 0 spiro atoms. The van der Waals surface area contributed by atoms with Crippen LogP contribution in [0, 0.1) is 10.1 Å². The zero-order valence-corrected chi connectivity index (χ0v) is 16.5. The second kappa shape index (κ2) is 7.67. The Morgan fingerprint density at radius 3 is 2.93 bits per heavy atom. The Bertz CT molecular complexity index is 845. The number of benzene rings is 1. The number of nitro benzene ring substituents is 1. The number of nitro groups is 1. The number of non-ortho nitro benzene ring substituents is 1. The van der Waals surface area contributed by atoms with E-state index in [4.69, 9.17) is 4.74 Å². The molecule has 1 atom stereocenters. The molecule has 1 aliphatic rings. The number of aromatic nitrogens is 1. The van der Waals surface area contributed by atoms with Crippen molar-refractivity contribution in [1.29, 1.82) is 0 Å². The van der Waals surface area contributed by atoms with E-state index >= 15 is 0 Å². The monoisotopic (exact) mass is 392 g/mol. The van der Waals surface area contributed by atoms with E-state index in [2.05, 4.69) is 10.3 Å². The van der Waals surface area contributed by atoms with Gasteiger partial charge in [-0.25, -0.2) is 9.78 Å². The van der Waals surface area contributed by atoms with Crippen molar-refractivity contribution in [3.63, 3.8) is 0 Å². The lowest BCUT2D eigenvalue weighted by Crippen LogP contribution is -2.48. The summed E-state index contributed by atoms with van der Waals surface area (Å²) in [4.78, 5) is 29.2. The number of thiazole rings is 1. The number of carbonyl (C=O) groups is 1. The summed E-state index contributed by atoms with van der Waals surface area (Å²) >= 11 is 1.45. The number of rotatable bonds is 4. The van der Waals surface area contributed by atoms with Crippen LogP contribution in [0.1, 0.15) is 40.0 Å². The predicted octanol–water partition coefficient (Wildman–Crippen LogP) is 4.41. The Morgan fingerprint density at radius 2 is 2.22 bits per heavy atom. The number of likely N-dealkylation sites (tertiary alicyclic amines) is 1. The zero-order valence-electron chi connectivity index (χ0n) is 15.7. The molecule has 1 aromatic carbocycles. The molecule has 1 fully saturated rings. The Kier molecular flexibility index (Phi) is 5.50. The van der Waals surface area contributed by atoms with Crippen LogP contribution >= 0.6 is 11.3 Å². The van der Waals surface area contributed by atoms with Gasteiger partial charge < -0.3 is 15.0 Å². The first-order chi connectivity index (χ1) is 12.7. The van der Waals surface area contributed by atoms with Gasteiger partial charge in [-0.1, -0.05) is 11.3 Å². The molecule has 146 valence electrons. The van der Waals surface area contributed by atoms with Gasteiger partial charge in [0.1, 0.15) is 5.60 Å². The Hall–Kier alpha value is -2.42. The highest BCUT2D eigenvalue weighted by molar-refractivity contribution is 7.22. The predicted molar refractivity (Wildman–Crippen MR) is 105 cm³/mol. The second-order valence-electron chi connectivity index (χ2n) is 7.63. The van der Waals surface area contributed by atoms with Gasteiger partial charge in [0, 0.05) is 25.2 Å². The van der Waals surface area contributed by atoms with Gasteiger partial charge >= 0.3 is 6.09 Å². The fraction of sp³-hybridized carbons (Fsp3) is 0.556. The quantitative estimate of drug-likeness (QED) is 0.611. The van der Waals surface area contributed by atoms with E-state index in [0.29, 0.717) is 23.7 Å². The number of amides is 1. The molecule has 0 aliphatic carbocycles. The standard InChI is InChI=1S/C18H24N4O4S/c1-18(2,3)26-17(23)21-9-5-4-6-13(21)11-19-16-20-14-10-12(22(24)25)7-8-15(14)27-16/h7-8,10,13H,4-6,9,11H2,1-3H3,(H,19,20). The number of fused-ring (bicyclic) bond motifs is 1. The Labute approximate surface area is 161 Å². The number of nitrogens with one attached hydrogen (secondary N) is 1. The van der Waals surface area contributed by atoms with E-state index in [1.54, 1.807) is 11.0 Å². The first-order valence-corrected chi connectivity index (χ1v) is 9.83. The average molecular weight is 392 g/mol. The van der Waals surface area contributed by atoms with Crippen LogP contribution in [0.5, 0.6) is 0 Å². The molecule has 0 saturated carbocycles. The van der Waals surface area contributed by atoms with Crippen molar-refractivity contribution in [2.24, 2.45) is 0 Å². The van der Waals surface area contributed by atoms with Gasteiger partial charge in [0.15, 0.2) is 5.13 Å². The minimum absolute atomic E-state index is 0.0303. The number of hydrogen-bond donors (Lipinski definition) is 1. The van der Waals surface area contributed by atoms with Crippen LogP contribution in [0.15, 0.2) is 18.2 Å². The van der Waals surface area contributed by atoms with Gasteiger partial charge in [-0.3, -0.25) is 10.1 Å². The fourth-order valence-corrected chi connectivity index (χ4v) is 3.94. The van der Waals surface area contributed by atoms with Crippen LogP contribution in [0.4, 0.5) is 15.6 Å². The summed E-state index contributed by atoms with van der Waals surface area (Å²) in [6.07, 6.45) is 2.66. The molecule has 3 rings (SSSR count). The number of ether oxygens (including phenoxy) is 1. The Balaban J connectivity index is 1.67. The summed E-state index contributed by atoms with van der Waals surface area (Å²) in [5, 5.41) is 14.9. The summed E-state index contributed by atoms with van der Waals surface area (Å²) in [6, 6.07) is 4.71. The van der Waals surface area contributed by atoms with E-state index in [-0.39, 0.29) is 17.8 Å². The van der Waals surface area contributed by atoms with Crippen molar-refractivity contribution in [3.05, 3.63) is 28.3 Å². The summed E-state index contributed by atoms with van der Waals surface area (Å²) in [6.45, 7) is 6.85. The third-order valence-electron chi connectivity index (χ3n) is 4.33. The topological polar surface area (TPSA) is 97.6 Å². The number of piperidine rings is 1. The van der Waals surface area contributed by atoms with Crippen molar-refractivity contribution in [2.45, 2.75) is 51.7 Å². The summed E-state index contributed by atoms with van der Waals surface area (Å²) < 4.78 is 6.41. The molecule has 1 saturated heterocycles. The normalized spacial score (nSPS) is 17.7. The minimum atomic E-state index is -0.520. The second-order valence-corrected chi connectivity index (χ2v) is 8.66. The first kappa shape index (κ1) is 19.3. The molecule has 0 radical (unpaired) electrons. The average Bonchev–Trinajstić information content (AvgIpc) is 3.00. The van der Waals surface area contributed by atoms with Gasteiger partial charge in [-0.15, -0.1) is 0 Å². The molecule has 1 N–H and O–H groups in total. The molecule has 1 aliphatic heterocycles. The lowest BCUT2D eigenvalue weighted by Gasteiger charge is -2.36. The smallest absolute Gasteiger partial charge is 0.410 e. The van der Waals surface area contributed by atoms with E-state index in [1.165, 1.54) is 23.5 Å². The number of hydrogen-bond acceptors (Lipinski definition) is 7. The maximum atomic E-state index is 12.5. The maximum absolute atomic E-state index is 12.5. The van der Waals surface area contributed by atoms with E-state index < -0.39 is 10.5 Å². The molecule has 9 heteroatoms. The maximum Gasteiger partial charge on any atom is 0.410 e. The highest BCUT2D eigenvalue weighted by Crippen LogP contribution is 2.29. The van der Waals surface area contributed by atoms with Crippen molar-refractivity contribution < 1.29 is 14.5 Å². The van der Waals surface area contributed by atoms with E-state index in [1.807, 2.05) is 20.8 Å². The molecule has 0 bridgehead atoms. The van der Waals surface area contributed by atoms with Gasteiger partial charge in [0.2, 0.25) is 0 Å². The molecule has 1 aromatic heterocycles. The van der Waals surface area contributed by atoms with Crippen LogP contribution in [-0.4, -0.2) is 45.6 Å². The first-order valence-electron chi connectivity index (χ1n) is 9.01. The summed E-state index contributed by atoms with van der Waals surface area (Å²) in [5.74, 6) is 0. The van der Waals surface area contributed by atoms with Gasteiger partial charge in [0.05, 0.1) is 21.2 Å². The highest BCUT2D eigenvalue weighted by Gasteiger charge is 2.30. The SMILES string of the molecule is CC(C)(C)OC(=O)N1CCCCC1CNc1nc2cc([N+](=O)[O-])ccc2s1. The molecule has 2 aromatic rings. The van der Waals surface area contributed by atoms with Crippen LogP contribution in [0.3, 0.4) is 0 Å².